The van der Waals surface area contributed by atoms with Crippen LogP contribution in [0.3, 0.4) is 0 Å². The fourth-order valence-corrected chi connectivity index (χ4v) is 8.02. The van der Waals surface area contributed by atoms with E-state index in [4.69, 9.17) is 14.0 Å². The van der Waals surface area contributed by atoms with Crippen molar-refractivity contribution in [1.82, 2.24) is 50.2 Å². The maximum atomic E-state index is 12.2. The number of H-pyrrole nitrogens is 3. The zero-order chi connectivity index (χ0) is 45.3. The molecule has 0 aliphatic carbocycles. The Morgan fingerprint density at radius 1 is 0.473 bits per heavy atom. The summed E-state index contributed by atoms with van der Waals surface area (Å²) in [5.41, 5.74) is 0.212. The van der Waals surface area contributed by atoms with Crippen LogP contribution < -0.4 is 5.56 Å². The number of nitrogens with one attached hydrogen (secondary N) is 3. The van der Waals surface area contributed by atoms with Crippen molar-refractivity contribution in [2.24, 2.45) is 0 Å². The third-order valence-corrected chi connectivity index (χ3v) is 11.6. The molecular formula is C35H32F6N10O8S2Y13. The zero-order valence-corrected chi connectivity index (χ0v) is 79.2. The van der Waals surface area contributed by atoms with Gasteiger partial charge < -0.3 is 24.0 Å². The number of pyridine rings is 2. The van der Waals surface area contributed by atoms with Crippen molar-refractivity contribution in [2.75, 3.05) is 0 Å². The summed E-state index contributed by atoms with van der Waals surface area (Å²) in [6, 6.07) is 4.07. The standard InChI is InChI=1S/C17H17N5O.C16H15N5O2.C2F6O5S2.13Y/c1-7-12(14-9(3)22-23-10(14)4)6-13-16(19-7)15-8(2)18-11(5)20-17(15)21-13;1-6-10(12-7(2)21-23-8(12)3)5-11-14(17-6)13-15(20-11)18-9(4)19-16(13)22;3-1(4,5)14(9,10)13-15(11,12)2(6,7)8;;;;;;;;;;;;;/h6H,1-5H3,(H,18,20,21);5H,1-4H3,(H2,18,19,20,22);;;;;;;;;;;;;;. The molecule has 0 spiro atoms. The predicted octanol–water partition coefficient (Wildman–Crippen LogP) is 7.06. The minimum atomic E-state index is -6.85. The summed E-state index contributed by atoms with van der Waals surface area (Å²) in [7, 11) is -13.7. The van der Waals surface area contributed by atoms with Crippen LogP contribution in [-0.4, -0.2) is 78.0 Å². The van der Waals surface area contributed by atoms with Gasteiger partial charge in [0.15, 0.2) is 0 Å². The number of alkyl halides is 6. The van der Waals surface area contributed by atoms with Crippen LogP contribution in [0, 0.1) is 62.3 Å². The first-order valence-corrected chi connectivity index (χ1v) is 20.2. The maximum Gasteiger partial charge on any atom is 0.524 e. The number of hydrogen-bond acceptors (Lipinski definition) is 15. The van der Waals surface area contributed by atoms with Crippen LogP contribution in [0.25, 0.3) is 66.4 Å². The monoisotopic (exact) mass is 2050 g/mol. The Kier molecular flexibility index (Phi) is 54.0. The van der Waals surface area contributed by atoms with Gasteiger partial charge in [-0.1, -0.05) is 10.3 Å². The van der Waals surface area contributed by atoms with Gasteiger partial charge in [0, 0.05) is 459 Å². The minimum Gasteiger partial charge on any atom is -0.361 e. The molecule has 74 heavy (non-hydrogen) atoms. The third-order valence-electron chi connectivity index (χ3n) is 9.00. The summed E-state index contributed by atoms with van der Waals surface area (Å²) in [5.74, 6) is 2.87. The van der Waals surface area contributed by atoms with E-state index in [1.54, 1.807) is 6.92 Å². The van der Waals surface area contributed by atoms with Gasteiger partial charge in [-0.05, 0) is 74.4 Å². The van der Waals surface area contributed by atoms with Crippen LogP contribution in [0.5, 0.6) is 0 Å². The van der Waals surface area contributed by atoms with Gasteiger partial charge in [-0.15, -0.1) is 3.63 Å². The molecule has 0 aromatic carbocycles. The molecule has 0 aliphatic rings. The number of aromatic amines is 3. The van der Waals surface area contributed by atoms with Crippen molar-refractivity contribution >= 4 is 64.4 Å². The largest absolute Gasteiger partial charge is 0.524 e. The van der Waals surface area contributed by atoms with Gasteiger partial charge in [-0.25, -0.2) is 19.9 Å². The molecule has 3 N–H and O–H groups in total. The predicted molar refractivity (Wildman–Crippen MR) is 206 cm³/mol. The second kappa shape index (κ2) is 40.7. The molecule has 0 fully saturated rings. The van der Waals surface area contributed by atoms with Crippen molar-refractivity contribution < 1.29 is 481 Å². The first-order valence-electron chi connectivity index (χ1n) is 17.4. The second-order valence-electron chi connectivity index (χ2n) is 13.5. The van der Waals surface area contributed by atoms with Gasteiger partial charge >= 0.3 is 31.3 Å². The molecule has 8 heterocycles. The van der Waals surface area contributed by atoms with Crippen LogP contribution in [0.2, 0.25) is 0 Å². The number of aromatic nitrogens is 10. The molecule has 39 heteroatoms. The Balaban J connectivity index is -0.000000138. The molecule has 0 saturated carbocycles. The minimum absolute atomic E-state index is 0. The van der Waals surface area contributed by atoms with E-state index in [9.17, 15) is 48.0 Å². The van der Waals surface area contributed by atoms with E-state index in [1.807, 2.05) is 65.1 Å². The summed E-state index contributed by atoms with van der Waals surface area (Å²) >= 11 is 0. The summed E-state index contributed by atoms with van der Waals surface area (Å²) in [6.45, 7) is 17.2. The Labute approximate surface area is 747 Å². The van der Waals surface area contributed by atoms with Gasteiger partial charge in [0.05, 0.1) is 39.0 Å². The first kappa shape index (κ1) is 98.3. The Morgan fingerprint density at radius 3 is 1.16 bits per heavy atom. The Hall–Kier alpha value is 8.07. The van der Waals surface area contributed by atoms with Crippen molar-refractivity contribution in [3.8, 4) is 22.3 Å². The average Bonchev–Trinajstić information content (AvgIpc) is 3.85. The summed E-state index contributed by atoms with van der Waals surface area (Å²) in [4.78, 5) is 44.2. The molecule has 363 valence electrons. The van der Waals surface area contributed by atoms with E-state index in [0.29, 0.717) is 22.4 Å². The topological polar surface area (TPSA) is 258 Å². The van der Waals surface area contributed by atoms with E-state index in [2.05, 4.69) is 51.3 Å². The van der Waals surface area contributed by atoms with E-state index >= 15 is 0 Å². The van der Waals surface area contributed by atoms with Gasteiger partial charge in [-0.3, -0.25) is 9.78 Å². The number of nitrogens with zero attached hydrogens (tertiary/aromatic N) is 7. The van der Waals surface area contributed by atoms with Gasteiger partial charge in [0.25, 0.3) is 5.56 Å². The fraction of sp³-hybridized carbons (Fsp3) is 0.314. The van der Waals surface area contributed by atoms with Crippen molar-refractivity contribution in [3.63, 3.8) is 0 Å². The average molecular weight is 2050 g/mol. The number of halogens is 6. The van der Waals surface area contributed by atoms with Crippen LogP contribution in [0.15, 0.2) is 26.0 Å². The van der Waals surface area contributed by atoms with Gasteiger partial charge in [0.1, 0.15) is 45.4 Å². The molecule has 0 atom stereocenters. The third kappa shape index (κ3) is 23.5. The number of hydrogen-bond donors (Lipinski definition) is 3. The maximum absolute atomic E-state index is 12.2. The molecule has 18 nitrogen and oxygen atoms in total. The molecule has 8 aromatic rings. The molecule has 0 saturated heterocycles. The van der Waals surface area contributed by atoms with Crippen molar-refractivity contribution in [1.29, 1.82) is 0 Å². The molecule has 8 rings (SSSR count). The summed E-state index contributed by atoms with van der Waals surface area (Å²) in [6.07, 6.45) is 0. The van der Waals surface area contributed by atoms with E-state index in [1.165, 1.54) is 0 Å². The van der Waals surface area contributed by atoms with E-state index < -0.39 is 31.3 Å². The summed E-state index contributed by atoms with van der Waals surface area (Å²) in [5, 5.41) is 9.52. The van der Waals surface area contributed by atoms with Crippen LogP contribution >= 0.6 is 0 Å². The Bertz CT molecular complexity index is 3300. The Morgan fingerprint density at radius 2 is 0.824 bits per heavy atom. The number of rotatable bonds is 4. The van der Waals surface area contributed by atoms with Crippen LogP contribution in [0.1, 0.15) is 51.6 Å². The van der Waals surface area contributed by atoms with E-state index in [-0.39, 0.29) is 431 Å². The molecule has 0 unspecified atom stereocenters. The molecule has 0 aliphatic heterocycles. The SMILES string of the molecule is Cc1nc(C)c2c(n1)[nH]c1cc(-c3c(C)noc3C)c(C)nc12.Cc1nc2[nH]c3cc(-c4c(C)noc4C)c(C)nc3c2c(=O)[nH]1.O=S(=O)(OS(=O)(=O)C(F)(F)F)C(F)(F)F.[Y].[Y].[Y].[Y].[Y].[Y].[Y].[Y].[Y].[Y].[Y].[Y].[Y]. The quantitative estimate of drug-likeness (QED) is 0.118. The first-order chi connectivity index (χ1) is 28.1. The normalized spacial score (nSPS) is 10.4. The number of aryl methyl sites for hydroxylation is 9. The number of fused-ring (bicyclic) bond motifs is 6. The second-order valence-corrected chi connectivity index (χ2v) is 16.8. The van der Waals surface area contributed by atoms with Crippen LogP contribution in [0.4, 0.5) is 26.3 Å². The fourth-order valence-electron chi connectivity index (χ4n) is 6.46. The van der Waals surface area contributed by atoms with E-state index in [0.717, 1.165) is 95.7 Å². The van der Waals surface area contributed by atoms with Crippen molar-refractivity contribution in [3.05, 3.63) is 74.1 Å². The zero-order valence-electron chi connectivity index (χ0n) is 40.6. The molecule has 13 radical (unpaired) electrons. The smallest absolute Gasteiger partial charge is 0.361 e. The van der Waals surface area contributed by atoms with Gasteiger partial charge in [0.2, 0.25) is 0 Å². The summed E-state index contributed by atoms with van der Waals surface area (Å²) < 4.78 is 121. The molecule has 0 amide bonds. The van der Waals surface area contributed by atoms with Gasteiger partial charge in [-0.2, -0.15) is 43.2 Å². The van der Waals surface area contributed by atoms with Crippen LogP contribution in [-0.2, 0) is 449 Å². The molecule has 8 aromatic heterocycles. The van der Waals surface area contributed by atoms with Crippen molar-refractivity contribution in [2.45, 2.75) is 73.3 Å². The molecule has 0 bridgehead atoms. The molecular weight excluding hydrogens is 2020 g/mol.